The van der Waals surface area contributed by atoms with Gasteiger partial charge < -0.3 is 0 Å². The Hall–Kier alpha value is -1.16. The van der Waals surface area contributed by atoms with Crippen molar-refractivity contribution in [3.8, 4) is 6.07 Å². The molecule has 0 aromatic carbocycles. The fourth-order valence-electron chi connectivity index (χ4n) is 0.858. The van der Waals surface area contributed by atoms with Gasteiger partial charge in [0.15, 0.2) is 5.92 Å². The van der Waals surface area contributed by atoms with Gasteiger partial charge in [0.2, 0.25) is 0 Å². The number of aryl methyl sites for hydroxylation is 1. The van der Waals surface area contributed by atoms with Crippen LogP contribution in [0.2, 0.25) is 0 Å². The molecule has 1 unspecified atom stereocenters. The van der Waals surface area contributed by atoms with E-state index >= 15 is 0 Å². The standard InChI is InChI=1S/C8H8F3N3S/c1-14-4-7(3-13-14)15-5-6(2-12)8(9,10)11/h3-4,6H,5H2,1H3. The van der Waals surface area contributed by atoms with Crippen molar-refractivity contribution < 1.29 is 13.2 Å². The fraction of sp³-hybridized carbons (Fsp3) is 0.500. The third-order valence-electron chi connectivity index (χ3n) is 1.65. The Bertz CT molecular complexity index is 366. The SMILES string of the molecule is Cn1cc(SCC(C#N)C(F)(F)F)cn1. The predicted octanol–water partition coefficient (Wildman–Crippen LogP) is 2.21. The van der Waals surface area contributed by atoms with E-state index in [0.29, 0.717) is 4.90 Å². The van der Waals surface area contributed by atoms with E-state index in [2.05, 4.69) is 5.10 Å². The number of nitriles is 1. The molecule has 0 bridgehead atoms. The van der Waals surface area contributed by atoms with Crippen LogP contribution in [0, 0.1) is 17.2 Å². The Morgan fingerprint density at radius 1 is 1.67 bits per heavy atom. The molecule has 1 heterocycles. The molecule has 3 nitrogen and oxygen atoms in total. The van der Waals surface area contributed by atoms with Crippen LogP contribution in [-0.2, 0) is 7.05 Å². The molecule has 1 rings (SSSR count). The minimum Gasteiger partial charge on any atom is -0.275 e. The van der Waals surface area contributed by atoms with Gasteiger partial charge in [0, 0.05) is 23.9 Å². The molecule has 0 saturated carbocycles. The van der Waals surface area contributed by atoms with Crippen molar-refractivity contribution in [2.45, 2.75) is 11.1 Å². The van der Waals surface area contributed by atoms with Gasteiger partial charge in [-0.2, -0.15) is 23.5 Å². The summed E-state index contributed by atoms with van der Waals surface area (Å²) < 4.78 is 38.0. The van der Waals surface area contributed by atoms with E-state index < -0.39 is 12.1 Å². The lowest BCUT2D eigenvalue weighted by Gasteiger charge is -2.11. The van der Waals surface area contributed by atoms with E-state index in [9.17, 15) is 13.2 Å². The number of thioether (sulfide) groups is 1. The second-order valence-electron chi connectivity index (χ2n) is 2.88. The molecular formula is C8H8F3N3S. The molecule has 0 aliphatic rings. The molecule has 1 aromatic rings. The van der Waals surface area contributed by atoms with Crippen molar-refractivity contribution in [2.24, 2.45) is 13.0 Å². The monoisotopic (exact) mass is 235 g/mol. The summed E-state index contributed by atoms with van der Waals surface area (Å²) >= 11 is 0.975. The molecule has 0 radical (unpaired) electrons. The Kier molecular flexibility index (Phi) is 3.63. The van der Waals surface area contributed by atoms with Crippen LogP contribution in [0.3, 0.4) is 0 Å². The van der Waals surface area contributed by atoms with Crippen molar-refractivity contribution in [1.29, 1.82) is 5.26 Å². The highest BCUT2D eigenvalue weighted by Crippen LogP contribution is 2.30. The van der Waals surface area contributed by atoms with Crippen LogP contribution in [0.1, 0.15) is 0 Å². The summed E-state index contributed by atoms with van der Waals surface area (Å²) in [5.74, 6) is -2.23. The average Bonchev–Trinajstić information content (AvgIpc) is 2.50. The summed E-state index contributed by atoms with van der Waals surface area (Å²) in [5.41, 5.74) is 0. The molecule has 0 spiro atoms. The first kappa shape index (κ1) is 11.9. The van der Waals surface area contributed by atoms with Crippen molar-refractivity contribution >= 4 is 11.8 Å². The van der Waals surface area contributed by atoms with E-state index in [1.165, 1.54) is 16.9 Å². The first-order valence-corrected chi connectivity index (χ1v) is 5.00. The Morgan fingerprint density at radius 2 is 2.33 bits per heavy atom. The van der Waals surface area contributed by atoms with Crippen molar-refractivity contribution in [3.63, 3.8) is 0 Å². The zero-order valence-corrected chi connectivity index (χ0v) is 8.64. The zero-order chi connectivity index (χ0) is 11.5. The van der Waals surface area contributed by atoms with Crippen LogP contribution in [0.25, 0.3) is 0 Å². The van der Waals surface area contributed by atoms with Crippen molar-refractivity contribution in [1.82, 2.24) is 9.78 Å². The molecule has 0 fully saturated rings. The van der Waals surface area contributed by atoms with Gasteiger partial charge in [0.25, 0.3) is 0 Å². The van der Waals surface area contributed by atoms with E-state index in [1.54, 1.807) is 13.2 Å². The maximum Gasteiger partial charge on any atom is 0.405 e. The Labute approximate surface area is 88.9 Å². The first-order valence-electron chi connectivity index (χ1n) is 4.01. The lowest BCUT2D eigenvalue weighted by Crippen LogP contribution is -2.23. The average molecular weight is 235 g/mol. The Balaban J connectivity index is 2.53. The number of hydrogen-bond donors (Lipinski definition) is 0. The molecule has 0 N–H and O–H groups in total. The van der Waals surface area contributed by atoms with Crippen LogP contribution in [-0.4, -0.2) is 21.7 Å². The number of nitrogens with zero attached hydrogens (tertiary/aromatic N) is 3. The normalized spacial score (nSPS) is 13.5. The molecule has 0 aliphatic heterocycles. The minimum atomic E-state index is -4.45. The number of rotatable bonds is 3. The van der Waals surface area contributed by atoms with Gasteiger partial charge in [-0.15, -0.1) is 11.8 Å². The van der Waals surface area contributed by atoms with Gasteiger partial charge >= 0.3 is 6.18 Å². The van der Waals surface area contributed by atoms with Gasteiger partial charge in [-0.3, -0.25) is 4.68 Å². The molecule has 15 heavy (non-hydrogen) atoms. The smallest absolute Gasteiger partial charge is 0.275 e. The van der Waals surface area contributed by atoms with Gasteiger partial charge in [0.1, 0.15) is 0 Å². The van der Waals surface area contributed by atoms with Gasteiger partial charge in [0.05, 0.1) is 12.3 Å². The van der Waals surface area contributed by atoms with Gasteiger partial charge in [-0.05, 0) is 0 Å². The van der Waals surface area contributed by atoms with E-state index in [0.717, 1.165) is 11.8 Å². The van der Waals surface area contributed by atoms with Crippen molar-refractivity contribution in [2.75, 3.05) is 5.75 Å². The lowest BCUT2D eigenvalue weighted by molar-refractivity contribution is -0.152. The summed E-state index contributed by atoms with van der Waals surface area (Å²) in [7, 11) is 1.68. The zero-order valence-electron chi connectivity index (χ0n) is 7.82. The summed E-state index contributed by atoms with van der Waals surface area (Å²) in [6.07, 6.45) is -1.38. The quantitative estimate of drug-likeness (QED) is 0.754. The van der Waals surface area contributed by atoms with Crippen molar-refractivity contribution in [3.05, 3.63) is 12.4 Å². The summed E-state index contributed by atoms with van der Waals surface area (Å²) in [6, 6.07) is 1.25. The molecule has 82 valence electrons. The summed E-state index contributed by atoms with van der Waals surface area (Å²) in [6.45, 7) is 0. The molecule has 0 amide bonds. The topological polar surface area (TPSA) is 41.6 Å². The number of alkyl halides is 3. The molecular weight excluding hydrogens is 227 g/mol. The van der Waals surface area contributed by atoms with Gasteiger partial charge in [-0.1, -0.05) is 0 Å². The predicted molar refractivity (Wildman–Crippen MR) is 49.1 cm³/mol. The molecule has 1 aromatic heterocycles. The van der Waals surface area contributed by atoms with E-state index in [1.807, 2.05) is 0 Å². The second-order valence-corrected chi connectivity index (χ2v) is 3.98. The molecule has 7 heteroatoms. The third-order valence-corrected chi connectivity index (χ3v) is 2.69. The highest BCUT2D eigenvalue weighted by atomic mass is 32.2. The number of halogens is 3. The maximum atomic E-state index is 12.2. The summed E-state index contributed by atoms with van der Waals surface area (Å²) in [4.78, 5) is 0.627. The second kappa shape index (κ2) is 4.57. The number of hydrogen-bond acceptors (Lipinski definition) is 3. The highest BCUT2D eigenvalue weighted by Gasteiger charge is 2.39. The maximum absolute atomic E-state index is 12.2. The van der Waals surface area contributed by atoms with E-state index in [-0.39, 0.29) is 5.75 Å². The van der Waals surface area contributed by atoms with Crippen LogP contribution in [0.4, 0.5) is 13.2 Å². The molecule has 0 saturated heterocycles. The van der Waals surface area contributed by atoms with Crippen LogP contribution < -0.4 is 0 Å². The van der Waals surface area contributed by atoms with Crippen LogP contribution in [0.15, 0.2) is 17.3 Å². The van der Waals surface area contributed by atoms with E-state index in [4.69, 9.17) is 5.26 Å². The lowest BCUT2D eigenvalue weighted by atomic mass is 10.2. The molecule has 0 aliphatic carbocycles. The fourth-order valence-corrected chi connectivity index (χ4v) is 1.83. The largest absolute Gasteiger partial charge is 0.405 e. The van der Waals surface area contributed by atoms with Crippen LogP contribution >= 0.6 is 11.8 Å². The first-order chi connectivity index (χ1) is 6.93. The Morgan fingerprint density at radius 3 is 2.73 bits per heavy atom. The highest BCUT2D eigenvalue weighted by molar-refractivity contribution is 7.99. The minimum absolute atomic E-state index is 0.300. The third kappa shape index (κ3) is 3.47. The summed E-state index contributed by atoms with van der Waals surface area (Å²) in [5, 5.41) is 12.2. The number of aromatic nitrogens is 2. The van der Waals surface area contributed by atoms with Gasteiger partial charge in [-0.25, -0.2) is 0 Å². The van der Waals surface area contributed by atoms with Crippen LogP contribution in [0.5, 0.6) is 0 Å². The molecule has 1 atom stereocenters.